The van der Waals surface area contributed by atoms with Crippen LogP contribution in [0, 0.1) is 0 Å². The molecule has 0 aliphatic rings. The van der Waals surface area contributed by atoms with E-state index in [0.29, 0.717) is 0 Å². The first-order valence-corrected chi connectivity index (χ1v) is 7.35. The molecule has 2 heterocycles. The van der Waals surface area contributed by atoms with Crippen LogP contribution in [-0.2, 0) is 7.05 Å². The number of anilines is 1. The minimum atomic E-state index is 0.154. The Hall–Kier alpha value is -2.14. The molecule has 0 aliphatic heterocycles. The second kappa shape index (κ2) is 5.46. The van der Waals surface area contributed by atoms with Crippen LogP contribution in [0.3, 0.4) is 0 Å². The summed E-state index contributed by atoms with van der Waals surface area (Å²) >= 11 is 1.65. The summed E-state index contributed by atoms with van der Waals surface area (Å²) in [7, 11) is 2.01. The Morgan fingerprint density at radius 3 is 2.85 bits per heavy atom. The van der Waals surface area contributed by atoms with Crippen molar-refractivity contribution in [2.45, 2.75) is 13.0 Å². The summed E-state index contributed by atoms with van der Waals surface area (Å²) < 4.78 is 2.03. The van der Waals surface area contributed by atoms with E-state index in [-0.39, 0.29) is 6.04 Å². The van der Waals surface area contributed by atoms with E-state index in [1.807, 2.05) is 41.7 Å². The number of nitrogens with one attached hydrogen (secondary N) is 1. The molecule has 0 aliphatic carbocycles. The second-order valence-electron chi connectivity index (χ2n) is 4.68. The molecule has 2 aromatic heterocycles. The van der Waals surface area contributed by atoms with Crippen molar-refractivity contribution in [2.24, 2.45) is 7.05 Å². The normalized spacial score (nSPS) is 12.3. The number of aryl methyl sites for hydroxylation is 1. The van der Waals surface area contributed by atoms with Gasteiger partial charge in [-0.3, -0.25) is 0 Å². The van der Waals surface area contributed by atoms with Gasteiger partial charge in [0.1, 0.15) is 10.8 Å². The Morgan fingerprint density at radius 1 is 1.25 bits per heavy atom. The maximum atomic E-state index is 4.37. The van der Waals surface area contributed by atoms with Crippen LogP contribution < -0.4 is 5.32 Å². The molecule has 0 bridgehead atoms. The van der Waals surface area contributed by atoms with Crippen LogP contribution in [-0.4, -0.2) is 14.5 Å². The number of rotatable bonds is 4. The largest absolute Gasteiger partial charge is 0.375 e. The van der Waals surface area contributed by atoms with Gasteiger partial charge in [0, 0.05) is 42.3 Å². The molecule has 0 fully saturated rings. The highest BCUT2D eigenvalue weighted by molar-refractivity contribution is 7.13. The highest BCUT2D eigenvalue weighted by Crippen LogP contribution is 2.26. The van der Waals surface area contributed by atoms with Gasteiger partial charge in [-0.1, -0.05) is 12.1 Å². The molecule has 3 aromatic rings. The summed E-state index contributed by atoms with van der Waals surface area (Å²) in [5, 5.41) is 6.51. The molecule has 102 valence electrons. The van der Waals surface area contributed by atoms with Gasteiger partial charge in [0.25, 0.3) is 0 Å². The van der Waals surface area contributed by atoms with Crippen molar-refractivity contribution < 1.29 is 0 Å². The summed E-state index contributed by atoms with van der Waals surface area (Å²) in [6.45, 7) is 2.11. The number of hydrogen-bond acceptors (Lipinski definition) is 4. The average molecular weight is 284 g/mol. The van der Waals surface area contributed by atoms with Gasteiger partial charge in [0.15, 0.2) is 0 Å². The van der Waals surface area contributed by atoms with Gasteiger partial charge in [-0.15, -0.1) is 11.3 Å². The van der Waals surface area contributed by atoms with Gasteiger partial charge < -0.3 is 9.88 Å². The van der Waals surface area contributed by atoms with E-state index in [2.05, 4.69) is 40.4 Å². The Labute approximate surface area is 122 Å². The lowest BCUT2D eigenvalue weighted by Gasteiger charge is -2.15. The maximum Gasteiger partial charge on any atom is 0.130 e. The standard InChI is InChI=1S/C15H16N4S/c1-11(14-16-6-8-19(14)2)18-13-5-3-4-12(10-13)15-17-7-9-20-15/h3-11,18H,1-2H3. The molecule has 1 aromatic carbocycles. The number of benzene rings is 1. The molecule has 0 saturated carbocycles. The van der Waals surface area contributed by atoms with Crippen molar-refractivity contribution >= 4 is 17.0 Å². The Morgan fingerprint density at radius 2 is 2.15 bits per heavy atom. The van der Waals surface area contributed by atoms with Crippen molar-refractivity contribution in [3.05, 3.63) is 54.1 Å². The van der Waals surface area contributed by atoms with Crippen LogP contribution in [0.1, 0.15) is 18.8 Å². The van der Waals surface area contributed by atoms with Crippen LogP contribution in [0.25, 0.3) is 10.6 Å². The lowest BCUT2D eigenvalue weighted by Crippen LogP contribution is -2.11. The third-order valence-electron chi connectivity index (χ3n) is 3.17. The molecular formula is C15H16N4S. The van der Waals surface area contributed by atoms with E-state index in [9.17, 15) is 0 Å². The molecule has 20 heavy (non-hydrogen) atoms. The summed E-state index contributed by atoms with van der Waals surface area (Å²) in [4.78, 5) is 8.72. The molecule has 0 amide bonds. The van der Waals surface area contributed by atoms with Gasteiger partial charge in [0.05, 0.1) is 6.04 Å². The maximum absolute atomic E-state index is 4.37. The zero-order valence-corrected chi connectivity index (χ0v) is 12.3. The topological polar surface area (TPSA) is 42.7 Å². The second-order valence-corrected chi connectivity index (χ2v) is 5.57. The molecular weight excluding hydrogens is 268 g/mol. The summed E-state index contributed by atoms with van der Waals surface area (Å²) in [5.74, 6) is 1.02. The smallest absolute Gasteiger partial charge is 0.130 e. The molecule has 0 saturated heterocycles. The van der Waals surface area contributed by atoms with E-state index in [0.717, 1.165) is 22.1 Å². The van der Waals surface area contributed by atoms with Crippen LogP contribution in [0.4, 0.5) is 5.69 Å². The van der Waals surface area contributed by atoms with Gasteiger partial charge in [-0.2, -0.15) is 0 Å². The minimum absolute atomic E-state index is 0.154. The molecule has 1 atom stereocenters. The number of nitrogens with zero attached hydrogens (tertiary/aromatic N) is 3. The first-order valence-electron chi connectivity index (χ1n) is 6.48. The fourth-order valence-corrected chi connectivity index (χ4v) is 2.85. The van der Waals surface area contributed by atoms with Crippen molar-refractivity contribution in [2.75, 3.05) is 5.32 Å². The van der Waals surface area contributed by atoms with E-state index < -0.39 is 0 Å². The molecule has 1 N–H and O–H groups in total. The van der Waals surface area contributed by atoms with E-state index in [1.54, 1.807) is 11.3 Å². The lowest BCUT2D eigenvalue weighted by atomic mass is 10.2. The molecule has 1 unspecified atom stereocenters. The van der Waals surface area contributed by atoms with E-state index in [4.69, 9.17) is 0 Å². The van der Waals surface area contributed by atoms with Crippen LogP contribution in [0.15, 0.2) is 48.2 Å². The molecule has 0 radical (unpaired) electrons. The van der Waals surface area contributed by atoms with Crippen molar-refractivity contribution in [1.82, 2.24) is 14.5 Å². The number of thiazole rings is 1. The predicted molar refractivity (Wildman–Crippen MR) is 82.8 cm³/mol. The number of hydrogen-bond donors (Lipinski definition) is 1. The summed E-state index contributed by atoms with van der Waals surface area (Å²) in [6, 6.07) is 8.47. The van der Waals surface area contributed by atoms with Gasteiger partial charge in [0.2, 0.25) is 0 Å². The van der Waals surface area contributed by atoms with E-state index in [1.165, 1.54) is 0 Å². The SMILES string of the molecule is CC(Nc1cccc(-c2nccs2)c1)c1nccn1C. The Bertz CT molecular complexity index is 687. The van der Waals surface area contributed by atoms with Crippen LogP contribution in [0.2, 0.25) is 0 Å². The van der Waals surface area contributed by atoms with Crippen LogP contribution in [0.5, 0.6) is 0 Å². The zero-order chi connectivity index (χ0) is 13.9. The molecule has 4 nitrogen and oxygen atoms in total. The third-order valence-corrected chi connectivity index (χ3v) is 3.99. The summed E-state index contributed by atoms with van der Waals surface area (Å²) in [5.41, 5.74) is 2.21. The highest BCUT2D eigenvalue weighted by Gasteiger charge is 2.10. The Kier molecular flexibility index (Phi) is 3.52. The Balaban J connectivity index is 1.81. The quantitative estimate of drug-likeness (QED) is 0.794. The minimum Gasteiger partial charge on any atom is -0.375 e. The van der Waals surface area contributed by atoms with Crippen molar-refractivity contribution in [3.63, 3.8) is 0 Å². The van der Waals surface area contributed by atoms with Gasteiger partial charge in [-0.25, -0.2) is 9.97 Å². The third kappa shape index (κ3) is 2.58. The monoisotopic (exact) mass is 284 g/mol. The predicted octanol–water partition coefficient (Wildman–Crippen LogP) is 3.72. The first kappa shape index (κ1) is 12.9. The molecule has 0 spiro atoms. The zero-order valence-electron chi connectivity index (χ0n) is 11.4. The van der Waals surface area contributed by atoms with Gasteiger partial charge in [-0.05, 0) is 19.1 Å². The average Bonchev–Trinajstić information content (AvgIpc) is 3.09. The molecule has 3 rings (SSSR count). The fourth-order valence-electron chi connectivity index (χ4n) is 2.22. The molecule has 5 heteroatoms. The van der Waals surface area contributed by atoms with E-state index >= 15 is 0 Å². The first-order chi connectivity index (χ1) is 9.74. The van der Waals surface area contributed by atoms with Crippen molar-refractivity contribution in [3.8, 4) is 10.6 Å². The van der Waals surface area contributed by atoms with Crippen molar-refractivity contribution in [1.29, 1.82) is 0 Å². The van der Waals surface area contributed by atoms with Crippen LogP contribution >= 0.6 is 11.3 Å². The van der Waals surface area contributed by atoms with Gasteiger partial charge >= 0.3 is 0 Å². The lowest BCUT2D eigenvalue weighted by molar-refractivity contribution is 0.722. The summed E-state index contributed by atoms with van der Waals surface area (Å²) in [6.07, 6.45) is 5.61. The highest BCUT2D eigenvalue weighted by atomic mass is 32.1. The number of aromatic nitrogens is 3. The fraction of sp³-hybridized carbons (Fsp3) is 0.200. The number of imidazole rings is 1.